The molecule has 26 heavy (non-hydrogen) atoms. The molecule has 2 N–H and O–H groups in total. The Balaban J connectivity index is 1.53. The maximum absolute atomic E-state index is 12.0. The standard InChI is InChI=1S/C17H13Cl3N4O2/c18-11-8-12(19)16(13(20)9-11)23-22-14(25)6-7-15-21-17(24-26-15)10-4-2-1-3-5-10/h1-5,8-9,23H,6-7H2,(H,22,25). The molecule has 0 bridgehead atoms. The van der Waals surface area contributed by atoms with Gasteiger partial charge in [0.1, 0.15) is 0 Å². The number of hydrazine groups is 1. The van der Waals surface area contributed by atoms with Crippen molar-refractivity contribution in [2.24, 2.45) is 0 Å². The van der Waals surface area contributed by atoms with Gasteiger partial charge in [-0.15, -0.1) is 0 Å². The maximum atomic E-state index is 12.0. The average Bonchev–Trinajstić information content (AvgIpc) is 3.09. The molecular weight excluding hydrogens is 399 g/mol. The molecule has 134 valence electrons. The van der Waals surface area contributed by atoms with Gasteiger partial charge in [0.2, 0.25) is 17.6 Å². The SMILES string of the molecule is O=C(CCc1nc(-c2ccccc2)no1)NNc1c(Cl)cc(Cl)cc1Cl. The van der Waals surface area contributed by atoms with Crippen molar-refractivity contribution in [3.8, 4) is 11.4 Å². The number of aromatic nitrogens is 2. The van der Waals surface area contributed by atoms with Crippen molar-refractivity contribution in [3.05, 3.63) is 63.4 Å². The van der Waals surface area contributed by atoms with Crippen LogP contribution in [0.4, 0.5) is 5.69 Å². The van der Waals surface area contributed by atoms with Crippen LogP contribution in [0.5, 0.6) is 0 Å². The molecule has 0 atom stereocenters. The topological polar surface area (TPSA) is 80.0 Å². The van der Waals surface area contributed by atoms with Crippen molar-refractivity contribution in [3.63, 3.8) is 0 Å². The van der Waals surface area contributed by atoms with Gasteiger partial charge in [0.25, 0.3) is 0 Å². The summed E-state index contributed by atoms with van der Waals surface area (Å²) >= 11 is 17.9. The van der Waals surface area contributed by atoms with Gasteiger partial charge in [0, 0.05) is 23.4 Å². The number of hydrogen-bond acceptors (Lipinski definition) is 5. The zero-order chi connectivity index (χ0) is 18.5. The van der Waals surface area contributed by atoms with Crippen molar-refractivity contribution in [1.29, 1.82) is 0 Å². The number of nitrogens with one attached hydrogen (secondary N) is 2. The fourth-order valence-electron chi connectivity index (χ4n) is 2.14. The summed E-state index contributed by atoms with van der Waals surface area (Å²) in [4.78, 5) is 16.3. The number of nitrogens with zero attached hydrogens (tertiary/aromatic N) is 2. The zero-order valence-corrected chi connectivity index (χ0v) is 15.6. The predicted molar refractivity (Wildman–Crippen MR) is 101 cm³/mol. The molecule has 0 aliphatic rings. The Labute approximate surface area is 164 Å². The Bertz CT molecular complexity index is 892. The molecule has 1 aromatic heterocycles. The second kappa shape index (κ2) is 8.40. The van der Waals surface area contributed by atoms with Crippen LogP contribution < -0.4 is 10.9 Å². The van der Waals surface area contributed by atoms with Crippen LogP contribution in [0, 0.1) is 0 Å². The number of benzene rings is 2. The molecule has 0 aliphatic carbocycles. The van der Waals surface area contributed by atoms with Crippen LogP contribution in [-0.2, 0) is 11.2 Å². The van der Waals surface area contributed by atoms with Crippen LogP contribution in [0.15, 0.2) is 47.0 Å². The van der Waals surface area contributed by atoms with Crippen LogP contribution in [-0.4, -0.2) is 16.0 Å². The molecule has 1 amide bonds. The number of hydrogen-bond donors (Lipinski definition) is 2. The van der Waals surface area contributed by atoms with E-state index in [0.717, 1.165) is 5.56 Å². The number of amides is 1. The Hall–Kier alpha value is -2.28. The summed E-state index contributed by atoms with van der Waals surface area (Å²) in [6.07, 6.45) is 0.446. The third-order valence-electron chi connectivity index (χ3n) is 3.40. The second-order valence-electron chi connectivity index (χ2n) is 5.30. The Kier molecular flexibility index (Phi) is 5.98. The lowest BCUT2D eigenvalue weighted by Gasteiger charge is -2.11. The average molecular weight is 412 g/mol. The van der Waals surface area contributed by atoms with Gasteiger partial charge in [-0.3, -0.25) is 15.6 Å². The van der Waals surface area contributed by atoms with E-state index in [9.17, 15) is 4.79 Å². The summed E-state index contributed by atoms with van der Waals surface area (Å²) < 4.78 is 5.17. The number of halogens is 3. The third kappa shape index (κ3) is 4.66. The largest absolute Gasteiger partial charge is 0.339 e. The van der Waals surface area contributed by atoms with Crippen molar-refractivity contribution in [2.45, 2.75) is 12.8 Å². The molecule has 0 fully saturated rings. The van der Waals surface area contributed by atoms with E-state index in [0.29, 0.717) is 38.9 Å². The first-order valence-corrected chi connectivity index (χ1v) is 8.73. The first-order valence-electron chi connectivity index (χ1n) is 7.60. The smallest absolute Gasteiger partial charge is 0.238 e. The highest BCUT2D eigenvalue weighted by Gasteiger charge is 2.12. The number of anilines is 1. The summed E-state index contributed by atoms with van der Waals surface area (Å²) in [5.74, 6) is 0.576. The van der Waals surface area contributed by atoms with E-state index in [-0.39, 0.29) is 12.3 Å². The van der Waals surface area contributed by atoms with E-state index in [1.807, 2.05) is 30.3 Å². The van der Waals surface area contributed by atoms with Gasteiger partial charge in [-0.25, -0.2) is 0 Å². The fraction of sp³-hybridized carbons (Fsp3) is 0.118. The lowest BCUT2D eigenvalue weighted by Crippen LogP contribution is -2.29. The molecule has 6 nitrogen and oxygen atoms in total. The minimum absolute atomic E-state index is 0.145. The highest BCUT2D eigenvalue weighted by atomic mass is 35.5. The van der Waals surface area contributed by atoms with Gasteiger partial charge >= 0.3 is 0 Å². The summed E-state index contributed by atoms with van der Waals surface area (Å²) in [5.41, 5.74) is 6.42. The first kappa shape index (κ1) is 18.5. The Morgan fingerprint density at radius 3 is 2.46 bits per heavy atom. The molecule has 0 saturated heterocycles. The minimum atomic E-state index is -0.286. The van der Waals surface area contributed by atoms with E-state index >= 15 is 0 Å². The number of carbonyl (C=O) groups excluding carboxylic acids is 1. The fourth-order valence-corrected chi connectivity index (χ4v) is 3.05. The molecule has 9 heteroatoms. The second-order valence-corrected chi connectivity index (χ2v) is 6.55. The van der Waals surface area contributed by atoms with Crippen LogP contribution in [0.2, 0.25) is 15.1 Å². The van der Waals surface area contributed by atoms with Crippen molar-refractivity contribution < 1.29 is 9.32 Å². The molecule has 3 rings (SSSR count). The molecule has 1 heterocycles. The molecule has 2 aromatic carbocycles. The lowest BCUT2D eigenvalue weighted by atomic mass is 10.2. The summed E-state index contributed by atoms with van der Waals surface area (Å²) in [5, 5.41) is 4.91. The van der Waals surface area contributed by atoms with E-state index in [1.165, 1.54) is 12.1 Å². The number of rotatable bonds is 6. The van der Waals surface area contributed by atoms with Gasteiger partial charge in [-0.2, -0.15) is 4.98 Å². The number of carbonyl (C=O) groups is 1. The zero-order valence-electron chi connectivity index (χ0n) is 13.3. The molecule has 0 saturated carbocycles. The highest BCUT2D eigenvalue weighted by molar-refractivity contribution is 6.41. The minimum Gasteiger partial charge on any atom is -0.339 e. The van der Waals surface area contributed by atoms with E-state index in [4.69, 9.17) is 39.3 Å². The van der Waals surface area contributed by atoms with Crippen LogP contribution in [0.3, 0.4) is 0 Å². The molecule has 0 aliphatic heterocycles. The molecular formula is C17H13Cl3N4O2. The van der Waals surface area contributed by atoms with Crippen molar-refractivity contribution >= 4 is 46.4 Å². The van der Waals surface area contributed by atoms with Crippen molar-refractivity contribution in [1.82, 2.24) is 15.6 Å². The summed E-state index contributed by atoms with van der Waals surface area (Å²) in [6, 6.07) is 12.5. The quantitative estimate of drug-likeness (QED) is 0.571. The van der Waals surface area contributed by atoms with E-state index in [1.54, 1.807) is 0 Å². The maximum Gasteiger partial charge on any atom is 0.238 e. The monoisotopic (exact) mass is 410 g/mol. The molecule has 3 aromatic rings. The molecule has 0 radical (unpaired) electrons. The van der Waals surface area contributed by atoms with Crippen LogP contribution in [0.25, 0.3) is 11.4 Å². The van der Waals surface area contributed by atoms with Crippen LogP contribution in [0.1, 0.15) is 12.3 Å². The Morgan fingerprint density at radius 1 is 1.08 bits per heavy atom. The van der Waals surface area contributed by atoms with Crippen molar-refractivity contribution in [2.75, 3.05) is 5.43 Å². The van der Waals surface area contributed by atoms with Gasteiger partial charge in [-0.1, -0.05) is 70.3 Å². The van der Waals surface area contributed by atoms with Gasteiger partial charge < -0.3 is 4.52 Å². The van der Waals surface area contributed by atoms with E-state index < -0.39 is 0 Å². The Morgan fingerprint density at radius 2 is 1.77 bits per heavy atom. The summed E-state index contributed by atoms with van der Waals surface area (Å²) in [6.45, 7) is 0. The van der Waals surface area contributed by atoms with Gasteiger partial charge in [-0.05, 0) is 12.1 Å². The highest BCUT2D eigenvalue weighted by Crippen LogP contribution is 2.33. The molecule has 0 spiro atoms. The lowest BCUT2D eigenvalue weighted by molar-refractivity contribution is -0.120. The van der Waals surface area contributed by atoms with Gasteiger partial charge in [0.05, 0.1) is 15.7 Å². The predicted octanol–water partition coefficient (Wildman–Crippen LogP) is 4.77. The normalized spacial score (nSPS) is 10.6. The first-order chi connectivity index (χ1) is 12.5. The van der Waals surface area contributed by atoms with Crippen LogP contribution >= 0.6 is 34.8 Å². The number of aryl methyl sites for hydroxylation is 1. The molecule has 0 unspecified atom stereocenters. The van der Waals surface area contributed by atoms with Gasteiger partial charge in [0.15, 0.2) is 0 Å². The summed E-state index contributed by atoms with van der Waals surface area (Å²) in [7, 11) is 0. The third-order valence-corrected chi connectivity index (χ3v) is 4.21. The van der Waals surface area contributed by atoms with E-state index in [2.05, 4.69) is 21.0 Å².